The molecule has 2 unspecified atom stereocenters. The predicted molar refractivity (Wildman–Crippen MR) is 128 cm³/mol. The van der Waals surface area contributed by atoms with Gasteiger partial charge in [0.2, 0.25) is 5.91 Å². The van der Waals surface area contributed by atoms with Gasteiger partial charge in [-0.25, -0.2) is 14.2 Å². The molecular weight excluding hydrogens is 437 g/mol. The average molecular weight is 464 g/mol. The second kappa shape index (κ2) is 9.86. The molecule has 0 saturated heterocycles. The quantitative estimate of drug-likeness (QED) is 0.317. The summed E-state index contributed by atoms with van der Waals surface area (Å²) in [5, 5.41) is 2.75. The first-order valence-electron chi connectivity index (χ1n) is 11.1. The molecule has 0 aliphatic heterocycles. The first-order valence-corrected chi connectivity index (χ1v) is 11.1. The minimum absolute atomic E-state index is 0.0738. The van der Waals surface area contributed by atoms with Crippen LogP contribution in [0, 0.1) is 11.7 Å². The number of carbonyl (C=O) groups excluding carboxylic acids is 1. The van der Waals surface area contributed by atoms with Crippen LogP contribution in [-0.4, -0.2) is 25.8 Å². The van der Waals surface area contributed by atoms with E-state index in [4.69, 9.17) is 0 Å². The fourth-order valence-electron chi connectivity index (χ4n) is 4.31. The number of hydrogen-bond donors (Lipinski definition) is 4. The van der Waals surface area contributed by atoms with Gasteiger partial charge in [-0.2, -0.15) is 0 Å². The molecule has 8 nitrogen and oxygen atoms in total. The molecule has 176 valence electrons. The number of aromatic amines is 3. The second-order valence-electron chi connectivity index (χ2n) is 8.50. The topological polar surface area (TPSA) is 123 Å². The van der Waals surface area contributed by atoms with Crippen LogP contribution in [0.2, 0.25) is 0 Å². The maximum Gasteiger partial charge on any atom is 0.327 e. The molecule has 0 aliphatic rings. The van der Waals surface area contributed by atoms with E-state index >= 15 is 0 Å². The minimum atomic E-state index is -0.621. The molecule has 9 heteroatoms. The van der Waals surface area contributed by atoms with Crippen molar-refractivity contribution in [2.45, 2.75) is 39.0 Å². The van der Waals surface area contributed by atoms with Gasteiger partial charge < -0.3 is 10.3 Å². The fourth-order valence-corrected chi connectivity index (χ4v) is 4.31. The number of aromatic nitrogens is 4. The van der Waals surface area contributed by atoms with E-state index in [0.29, 0.717) is 23.5 Å². The summed E-state index contributed by atoms with van der Waals surface area (Å²) in [6.45, 7) is 3.52. The Morgan fingerprint density at radius 1 is 1.06 bits per heavy atom. The molecule has 0 aliphatic carbocycles. The third-order valence-corrected chi connectivity index (χ3v) is 5.93. The molecule has 2 aromatic carbocycles. The molecule has 2 atom stereocenters. The van der Waals surface area contributed by atoms with Gasteiger partial charge in [-0.05, 0) is 54.5 Å². The Hall–Kier alpha value is -4.01. The lowest BCUT2D eigenvalue weighted by Gasteiger charge is -2.23. The number of nitrogens with zero attached hydrogens (tertiary/aromatic N) is 1. The molecule has 34 heavy (non-hydrogen) atoms. The van der Waals surface area contributed by atoms with E-state index in [9.17, 15) is 18.8 Å². The largest absolute Gasteiger partial charge is 0.336 e. The third kappa shape index (κ3) is 5.14. The number of halogens is 1. The predicted octanol–water partition coefficient (Wildman–Crippen LogP) is 3.83. The Morgan fingerprint density at radius 3 is 2.50 bits per heavy atom. The van der Waals surface area contributed by atoms with Crippen LogP contribution in [0.5, 0.6) is 0 Å². The molecule has 1 amide bonds. The van der Waals surface area contributed by atoms with Gasteiger partial charge in [-0.1, -0.05) is 37.3 Å². The summed E-state index contributed by atoms with van der Waals surface area (Å²) in [4.78, 5) is 47.6. The molecule has 0 bridgehead atoms. The van der Waals surface area contributed by atoms with E-state index in [1.165, 1.54) is 13.0 Å². The van der Waals surface area contributed by atoms with Crippen molar-refractivity contribution in [1.82, 2.24) is 19.9 Å². The van der Waals surface area contributed by atoms with Gasteiger partial charge in [0.05, 0.1) is 0 Å². The molecule has 0 fully saturated rings. The number of rotatable bonds is 8. The van der Waals surface area contributed by atoms with Gasteiger partial charge in [-0.3, -0.25) is 19.6 Å². The molecule has 0 saturated carbocycles. The Morgan fingerprint density at radius 2 is 1.79 bits per heavy atom. The third-order valence-electron chi connectivity index (χ3n) is 5.93. The Bertz CT molecular complexity index is 1420. The summed E-state index contributed by atoms with van der Waals surface area (Å²) < 4.78 is 14.0. The van der Waals surface area contributed by atoms with Crippen LogP contribution in [0.15, 0.2) is 58.1 Å². The number of benzene rings is 2. The number of anilines is 1. The van der Waals surface area contributed by atoms with Crippen molar-refractivity contribution >= 4 is 22.8 Å². The van der Waals surface area contributed by atoms with Gasteiger partial charge in [0.25, 0.3) is 5.56 Å². The van der Waals surface area contributed by atoms with E-state index in [-0.39, 0.29) is 34.7 Å². The van der Waals surface area contributed by atoms with Crippen LogP contribution in [0.3, 0.4) is 0 Å². The van der Waals surface area contributed by atoms with Crippen molar-refractivity contribution in [3.8, 4) is 0 Å². The molecule has 4 aromatic rings. The Kier molecular flexibility index (Phi) is 6.72. The summed E-state index contributed by atoms with van der Waals surface area (Å²) in [5.41, 5.74) is 1.53. The first kappa shape index (κ1) is 23.2. The maximum absolute atomic E-state index is 14.0. The van der Waals surface area contributed by atoms with Crippen molar-refractivity contribution < 1.29 is 9.18 Å². The van der Waals surface area contributed by atoms with Crippen molar-refractivity contribution in [1.29, 1.82) is 0 Å². The number of nitrogens with one attached hydrogen (secondary N) is 4. The zero-order chi connectivity index (χ0) is 24.2. The van der Waals surface area contributed by atoms with Crippen molar-refractivity contribution in [3.05, 3.63) is 92.1 Å². The van der Waals surface area contributed by atoms with E-state index < -0.39 is 11.2 Å². The lowest BCUT2D eigenvalue weighted by atomic mass is 9.83. The molecule has 0 radical (unpaired) electrons. The zero-order valence-electron chi connectivity index (χ0n) is 18.9. The molecule has 2 heterocycles. The number of carbonyl (C=O) groups is 1. The highest BCUT2D eigenvalue weighted by Gasteiger charge is 2.25. The lowest BCUT2D eigenvalue weighted by Crippen LogP contribution is -2.21. The van der Waals surface area contributed by atoms with Crippen LogP contribution >= 0.6 is 0 Å². The number of amides is 1. The standard InChI is InChI=1S/C25H26FN5O3/c1-14(6-5-8-16-7-3-4-9-19(16)26)20(17-10-12-18(13-11-17)27-15(2)32)22-28-21-23(29-22)30-25(34)31-24(21)33/h3-4,7,9-14,20H,5-6,8H2,1-2H3,(H,27,32)(H3,28,29,30,31,33,34). The zero-order valence-corrected chi connectivity index (χ0v) is 18.9. The van der Waals surface area contributed by atoms with E-state index in [1.807, 2.05) is 30.3 Å². The van der Waals surface area contributed by atoms with Crippen LogP contribution in [0.4, 0.5) is 10.1 Å². The van der Waals surface area contributed by atoms with Crippen LogP contribution in [0.25, 0.3) is 11.2 Å². The van der Waals surface area contributed by atoms with Crippen molar-refractivity contribution in [2.75, 3.05) is 5.32 Å². The highest BCUT2D eigenvalue weighted by Crippen LogP contribution is 2.34. The van der Waals surface area contributed by atoms with E-state index in [1.54, 1.807) is 12.1 Å². The number of aryl methyl sites for hydroxylation is 1. The lowest BCUT2D eigenvalue weighted by molar-refractivity contribution is -0.114. The first-order chi connectivity index (χ1) is 16.3. The number of H-pyrrole nitrogens is 3. The minimum Gasteiger partial charge on any atom is -0.336 e. The van der Waals surface area contributed by atoms with E-state index in [2.05, 4.69) is 32.2 Å². The molecule has 4 rings (SSSR count). The van der Waals surface area contributed by atoms with Gasteiger partial charge >= 0.3 is 5.69 Å². The molecular formula is C25H26FN5O3. The molecule has 0 spiro atoms. The normalized spacial score (nSPS) is 13.0. The SMILES string of the molecule is CC(=O)Nc1ccc(C(c2nc3[nH]c(=O)[nH]c(=O)c3[nH]2)C(C)CCCc2ccccc2F)cc1. The van der Waals surface area contributed by atoms with Crippen molar-refractivity contribution in [3.63, 3.8) is 0 Å². The Balaban J connectivity index is 1.64. The van der Waals surface area contributed by atoms with Gasteiger partial charge in [0.15, 0.2) is 5.65 Å². The summed E-state index contributed by atoms with van der Waals surface area (Å²) in [6, 6.07) is 14.2. The number of hydrogen-bond acceptors (Lipinski definition) is 4. The monoisotopic (exact) mass is 463 g/mol. The van der Waals surface area contributed by atoms with Gasteiger partial charge in [0, 0.05) is 18.5 Å². The molecule has 4 N–H and O–H groups in total. The molecule has 2 aromatic heterocycles. The highest BCUT2D eigenvalue weighted by molar-refractivity contribution is 5.88. The van der Waals surface area contributed by atoms with Crippen molar-refractivity contribution in [2.24, 2.45) is 5.92 Å². The second-order valence-corrected chi connectivity index (χ2v) is 8.50. The van der Waals surface area contributed by atoms with Crippen LogP contribution < -0.4 is 16.6 Å². The summed E-state index contributed by atoms with van der Waals surface area (Å²) >= 11 is 0. The highest BCUT2D eigenvalue weighted by atomic mass is 19.1. The fraction of sp³-hybridized carbons (Fsp3) is 0.280. The number of fused-ring (bicyclic) bond motifs is 1. The summed E-state index contributed by atoms with van der Waals surface area (Å²) in [5.74, 6) is 0.0343. The maximum atomic E-state index is 14.0. The summed E-state index contributed by atoms with van der Waals surface area (Å²) in [6.07, 6.45) is 2.15. The average Bonchev–Trinajstić information content (AvgIpc) is 3.20. The van der Waals surface area contributed by atoms with Crippen LogP contribution in [0.1, 0.15) is 49.6 Å². The number of imidazole rings is 1. The van der Waals surface area contributed by atoms with Gasteiger partial charge in [-0.15, -0.1) is 0 Å². The smallest absolute Gasteiger partial charge is 0.327 e. The summed E-state index contributed by atoms with van der Waals surface area (Å²) in [7, 11) is 0. The van der Waals surface area contributed by atoms with Gasteiger partial charge in [0.1, 0.15) is 17.2 Å². The van der Waals surface area contributed by atoms with E-state index in [0.717, 1.165) is 18.4 Å². The Labute approximate surface area is 194 Å². The van der Waals surface area contributed by atoms with Crippen LogP contribution in [-0.2, 0) is 11.2 Å².